The van der Waals surface area contributed by atoms with E-state index in [2.05, 4.69) is 41.5 Å². The highest BCUT2D eigenvalue weighted by Crippen LogP contribution is 2.76. The molecule has 3 aliphatic heterocycles. The van der Waals surface area contributed by atoms with Crippen molar-refractivity contribution in [3.8, 4) is 0 Å². The average Bonchev–Trinajstić information content (AvgIpc) is 3.71. The van der Waals surface area contributed by atoms with Crippen LogP contribution in [0.4, 0.5) is 0 Å². The molecule has 7 aliphatic rings. The first-order valence-corrected chi connectivity index (χ1v) is 21.3. The van der Waals surface area contributed by atoms with Crippen LogP contribution >= 0.6 is 0 Å². The standard InChI is InChI=1S/C42H72O14/c1-37(2)26(45)12-14-39(5)25-10-9-20-21(42(8)16-13-27(56-42)38(3,4)51)11-15-40(20,6)41(25,7)17-22(34(37)39)52-36-33(31(49)29(47)24(19-44)54-36)55-35-32(50)30(48)28(46)23(18-43)53-35/h20-36,43-51H,9-19H2,1-8H3/t20-,21?,22+,23-,24-,25-,26+,27+,28-,29-,30+,31+,32-,33-,34+,35+,36-,39-,40-,41-,42+/m1/s1. The van der Waals surface area contributed by atoms with Gasteiger partial charge in [0.25, 0.3) is 0 Å². The smallest absolute Gasteiger partial charge is 0.187 e. The first-order valence-electron chi connectivity index (χ1n) is 21.3. The maximum absolute atomic E-state index is 11.6. The molecule has 3 saturated heterocycles. The van der Waals surface area contributed by atoms with Crippen molar-refractivity contribution >= 4 is 0 Å². The highest BCUT2D eigenvalue weighted by molar-refractivity contribution is 5.21. The lowest BCUT2D eigenvalue weighted by molar-refractivity contribution is -0.383. The number of rotatable bonds is 8. The molecule has 14 heteroatoms. The number of aliphatic hydroxyl groups is 9. The van der Waals surface area contributed by atoms with E-state index in [1.807, 2.05) is 13.8 Å². The molecule has 14 nitrogen and oxygen atoms in total. The van der Waals surface area contributed by atoms with Gasteiger partial charge in [0.2, 0.25) is 0 Å². The lowest BCUT2D eigenvalue weighted by Gasteiger charge is -2.71. The summed E-state index contributed by atoms with van der Waals surface area (Å²) >= 11 is 0. The zero-order chi connectivity index (χ0) is 41.1. The van der Waals surface area contributed by atoms with Gasteiger partial charge in [-0.25, -0.2) is 0 Å². The summed E-state index contributed by atoms with van der Waals surface area (Å²) in [6, 6.07) is 0. The summed E-state index contributed by atoms with van der Waals surface area (Å²) in [6.45, 7) is 16.0. The Kier molecular flexibility index (Phi) is 11.5. The van der Waals surface area contributed by atoms with Crippen LogP contribution in [0.3, 0.4) is 0 Å². The minimum atomic E-state index is -1.78. The second kappa shape index (κ2) is 14.8. The molecule has 0 aromatic carbocycles. The van der Waals surface area contributed by atoms with Gasteiger partial charge in [0, 0.05) is 0 Å². The second-order valence-electron chi connectivity index (χ2n) is 21.1. The zero-order valence-electron chi connectivity index (χ0n) is 34.7. The van der Waals surface area contributed by atoms with Gasteiger partial charge in [-0.05, 0) is 124 Å². The highest BCUT2D eigenvalue weighted by atomic mass is 16.8. The van der Waals surface area contributed by atoms with E-state index in [9.17, 15) is 46.0 Å². The molecule has 1 unspecified atom stereocenters. The molecule has 56 heavy (non-hydrogen) atoms. The molecule has 0 spiro atoms. The van der Waals surface area contributed by atoms with E-state index in [4.69, 9.17) is 23.7 Å². The molecule has 0 bridgehead atoms. The average molecular weight is 801 g/mol. The van der Waals surface area contributed by atoms with Crippen LogP contribution in [0.1, 0.15) is 113 Å². The predicted molar refractivity (Wildman–Crippen MR) is 200 cm³/mol. The minimum absolute atomic E-state index is 0.113. The van der Waals surface area contributed by atoms with E-state index in [1.165, 1.54) is 0 Å². The van der Waals surface area contributed by atoms with E-state index in [-0.39, 0.29) is 33.9 Å². The topological polar surface area (TPSA) is 228 Å². The molecule has 4 saturated carbocycles. The molecule has 7 rings (SSSR count). The largest absolute Gasteiger partial charge is 0.394 e. The third-order valence-electron chi connectivity index (χ3n) is 17.4. The molecular weight excluding hydrogens is 728 g/mol. The van der Waals surface area contributed by atoms with Crippen molar-refractivity contribution in [1.82, 2.24) is 0 Å². The molecule has 0 aromatic heterocycles. The molecular formula is C42H72O14. The maximum atomic E-state index is 11.6. The lowest BCUT2D eigenvalue weighted by atomic mass is 9.35. The summed E-state index contributed by atoms with van der Waals surface area (Å²) in [5.74, 6) is 0.804. The molecule has 4 aliphatic carbocycles. The van der Waals surface area contributed by atoms with Crippen molar-refractivity contribution in [2.24, 2.45) is 45.3 Å². The van der Waals surface area contributed by atoms with Gasteiger partial charge >= 0.3 is 0 Å². The zero-order valence-corrected chi connectivity index (χ0v) is 34.7. The minimum Gasteiger partial charge on any atom is -0.394 e. The number of hydrogen-bond acceptors (Lipinski definition) is 14. The van der Waals surface area contributed by atoms with Crippen LogP contribution in [-0.2, 0) is 23.7 Å². The van der Waals surface area contributed by atoms with Crippen LogP contribution in [0, 0.1) is 45.3 Å². The van der Waals surface area contributed by atoms with Gasteiger partial charge in [0.1, 0.15) is 48.8 Å². The number of ether oxygens (including phenoxy) is 5. The first kappa shape index (κ1) is 43.5. The van der Waals surface area contributed by atoms with E-state index in [1.54, 1.807) is 0 Å². The number of fused-ring (bicyclic) bond motifs is 5. The fraction of sp³-hybridized carbons (Fsp3) is 1.00. The fourth-order valence-electron chi connectivity index (χ4n) is 14.2. The Labute approximate surface area is 331 Å². The van der Waals surface area contributed by atoms with Gasteiger partial charge in [-0.2, -0.15) is 0 Å². The van der Waals surface area contributed by atoms with Crippen LogP contribution in [-0.4, -0.2) is 150 Å². The Morgan fingerprint density at radius 3 is 1.88 bits per heavy atom. The third-order valence-corrected chi connectivity index (χ3v) is 17.4. The van der Waals surface area contributed by atoms with Gasteiger partial charge in [-0.15, -0.1) is 0 Å². The molecule has 3 heterocycles. The van der Waals surface area contributed by atoms with Gasteiger partial charge in [-0.3, -0.25) is 0 Å². The molecule has 7 fully saturated rings. The van der Waals surface area contributed by atoms with Gasteiger partial charge in [0.05, 0.1) is 42.7 Å². The van der Waals surface area contributed by atoms with Gasteiger partial charge in [-0.1, -0.05) is 34.6 Å². The van der Waals surface area contributed by atoms with E-state index in [0.29, 0.717) is 30.6 Å². The van der Waals surface area contributed by atoms with Crippen LogP contribution in [0.15, 0.2) is 0 Å². The van der Waals surface area contributed by atoms with E-state index >= 15 is 0 Å². The van der Waals surface area contributed by atoms with Crippen molar-refractivity contribution in [1.29, 1.82) is 0 Å². The Bertz CT molecular complexity index is 1410. The monoisotopic (exact) mass is 800 g/mol. The summed E-state index contributed by atoms with van der Waals surface area (Å²) in [7, 11) is 0. The van der Waals surface area contributed by atoms with Gasteiger partial charge in [0.15, 0.2) is 12.6 Å². The van der Waals surface area contributed by atoms with Crippen molar-refractivity contribution in [3.63, 3.8) is 0 Å². The summed E-state index contributed by atoms with van der Waals surface area (Å²) in [5, 5.41) is 97.0. The molecule has 324 valence electrons. The maximum Gasteiger partial charge on any atom is 0.187 e. The van der Waals surface area contributed by atoms with Crippen LogP contribution in [0.5, 0.6) is 0 Å². The summed E-state index contributed by atoms with van der Waals surface area (Å²) in [5.41, 5.74) is -2.51. The van der Waals surface area contributed by atoms with Crippen molar-refractivity contribution in [2.45, 2.75) is 204 Å². The molecule has 0 amide bonds. The van der Waals surface area contributed by atoms with Crippen molar-refractivity contribution in [2.75, 3.05) is 13.2 Å². The molecule has 0 aromatic rings. The predicted octanol–water partition coefficient (Wildman–Crippen LogP) is 1.36. The van der Waals surface area contributed by atoms with Crippen LogP contribution in [0.25, 0.3) is 0 Å². The number of aliphatic hydroxyl groups excluding tert-OH is 8. The highest BCUT2D eigenvalue weighted by Gasteiger charge is 2.72. The first-order chi connectivity index (χ1) is 26.0. The SMILES string of the molecule is CC(C)(O)[C@@H]1CC[C@@](C)(C2CC[C@]3(C)[C@@H]2CC[C@@H]2[C@@]4(C)CC[C@H](O)C(C)(C)[C@@H]4[C@@H](O[C@@H]4O[C@H](CO)[C@@H](O)[C@H](O)[C@H]4O[C@@H]4O[C@H](CO)[C@@H](O)[C@H](O)[C@H]4O)C[C@]23C)O1. The van der Waals surface area contributed by atoms with Crippen LogP contribution in [0.2, 0.25) is 0 Å². The van der Waals surface area contributed by atoms with Crippen molar-refractivity contribution < 1.29 is 69.6 Å². The van der Waals surface area contributed by atoms with Gasteiger partial charge < -0.3 is 69.6 Å². The lowest BCUT2D eigenvalue weighted by Crippen LogP contribution is -2.70. The number of hydrogen-bond donors (Lipinski definition) is 9. The molecule has 9 N–H and O–H groups in total. The summed E-state index contributed by atoms with van der Waals surface area (Å²) in [4.78, 5) is 0. The third kappa shape index (κ3) is 6.58. The normalized spacial score (nSPS) is 56.0. The molecule has 21 atom stereocenters. The summed E-state index contributed by atoms with van der Waals surface area (Å²) < 4.78 is 31.9. The van der Waals surface area contributed by atoms with Crippen molar-refractivity contribution in [3.05, 3.63) is 0 Å². The molecule has 0 radical (unpaired) electrons. The van der Waals surface area contributed by atoms with E-state index in [0.717, 1.165) is 44.9 Å². The Balaban J connectivity index is 1.24. The quantitative estimate of drug-likeness (QED) is 0.158. The van der Waals surface area contributed by atoms with Crippen LogP contribution < -0.4 is 0 Å². The second-order valence-corrected chi connectivity index (χ2v) is 21.1. The summed E-state index contributed by atoms with van der Waals surface area (Å²) in [6.07, 6.45) is -9.02. The Morgan fingerprint density at radius 1 is 0.643 bits per heavy atom. The Hall–Kier alpha value is -0.560. The Morgan fingerprint density at radius 2 is 1.27 bits per heavy atom. The van der Waals surface area contributed by atoms with E-state index < -0.39 is 97.8 Å². The fourth-order valence-corrected chi connectivity index (χ4v) is 14.2.